The quantitative estimate of drug-likeness (QED) is 0.573. The minimum Gasteiger partial charge on any atom is -0.334 e. The summed E-state index contributed by atoms with van der Waals surface area (Å²) in [5.74, 6) is 0.183. The van der Waals surface area contributed by atoms with Crippen molar-refractivity contribution in [3.05, 3.63) is 66.6 Å². The molecule has 4 rings (SSSR count). The number of nitrogens with zero attached hydrogens (tertiary/aromatic N) is 4. The van der Waals surface area contributed by atoms with E-state index in [0.29, 0.717) is 11.4 Å². The summed E-state index contributed by atoms with van der Waals surface area (Å²) in [5, 5.41) is 8.15. The molecule has 4 aromatic rings. The van der Waals surface area contributed by atoms with Crippen LogP contribution in [0.4, 0.5) is 4.39 Å². The molecule has 6 heteroatoms. The SMILES string of the molecule is Cn1nccc1-c1cccc(-c2noc(-c3ccccc3F)n2)c1. The Morgan fingerprint density at radius 3 is 2.62 bits per heavy atom. The fourth-order valence-electron chi connectivity index (χ4n) is 2.56. The standard InChI is InChI=1S/C18H13FN4O/c1-23-16(9-10-20-23)12-5-4-6-13(11-12)17-21-18(24-22-17)14-7-2-3-8-15(14)19/h2-11H,1H3. The van der Waals surface area contributed by atoms with Gasteiger partial charge >= 0.3 is 0 Å². The molecule has 0 amide bonds. The lowest BCUT2D eigenvalue weighted by atomic mass is 10.1. The van der Waals surface area contributed by atoms with Crippen LogP contribution in [0.5, 0.6) is 0 Å². The van der Waals surface area contributed by atoms with E-state index in [0.717, 1.165) is 16.8 Å². The molecule has 0 N–H and O–H groups in total. The van der Waals surface area contributed by atoms with Gasteiger partial charge in [-0.25, -0.2) is 4.39 Å². The minimum atomic E-state index is -0.392. The maximum absolute atomic E-state index is 13.8. The molecule has 0 bridgehead atoms. The van der Waals surface area contributed by atoms with Crippen LogP contribution in [0.3, 0.4) is 0 Å². The van der Waals surface area contributed by atoms with Gasteiger partial charge in [-0.1, -0.05) is 35.5 Å². The van der Waals surface area contributed by atoms with Crippen LogP contribution in [0.25, 0.3) is 34.1 Å². The number of rotatable bonds is 3. The van der Waals surface area contributed by atoms with Crippen LogP contribution in [0, 0.1) is 5.82 Å². The first-order valence-electron chi connectivity index (χ1n) is 7.40. The minimum absolute atomic E-state index is 0.161. The predicted molar refractivity (Wildman–Crippen MR) is 87.3 cm³/mol. The maximum Gasteiger partial charge on any atom is 0.261 e. The Hall–Kier alpha value is -3.28. The fourth-order valence-corrected chi connectivity index (χ4v) is 2.56. The summed E-state index contributed by atoms with van der Waals surface area (Å²) in [6, 6.07) is 16.0. The van der Waals surface area contributed by atoms with E-state index in [2.05, 4.69) is 15.2 Å². The summed E-state index contributed by atoms with van der Waals surface area (Å²) in [6.07, 6.45) is 1.74. The normalized spacial score (nSPS) is 10.9. The monoisotopic (exact) mass is 320 g/mol. The summed E-state index contributed by atoms with van der Waals surface area (Å²) < 4.78 is 20.9. The zero-order valence-electron chi connectivity index (χ0n) is 12.8. The van der Waals surface area contributed by atoms with Crippen LogP contribution in [0.1, 0.15) is 0 Å². The van der Waals surface area contributed by atoms with E-state index in [1.54, 1.807) is 29.1 Å². The van der Waals surface area contributed by atoms with Crippen molar-refractivity contribution in [3.8, 4) is 34.1 Å². The number of hydrogen-bond acceptors (Lipinski definition) is 4. The van der Waals surface area contributed by atoms with Crippen LogP contribution >= 0.6 is 0 Å². The van der Waals surface area contributed by atoms with Gasteiger partial charge in [-0.2, -0.15) is 10.1 Å². The van der Waals surface area contributed by atoms with Crippen molar-refractivity contribution in [2.45, 2.75) is 0 Å². The number of aryl methyl sites for hydroxylation is 1. The largest absolute Gasteiger partial charge is 0.334 e. The first-order chi connectivity index (χ1) is 11.7. The Morgan fingerprint density at radius 1 is 1.00 bits per heavy atom. The summed E-state index contributed by atoms with van der Waals surface area (Å²) in [7, 11) is 1.88. The molecule has 5 nitrogen and oxygen atoms in total. The van der Waals surface area contributed by atoms with Crippen LogP contribution in [0.2, 0.25) is 0 Å². The van der Waals surface area contributed by atoms with Crippen LogP contribution in [-0.2, 0) is 7.05 Å². The Bertz CT molecular complexity index is 1010. The van der Waals surface area contributed by atoms with E-state index in [1.165, 1.54) is 6.07 Å². The molecule has 2 heterocycles. The summed E-state index contributed by atoms with van der Waals surface area (Å²) in [5.41, 5.74) is 3.05. The van der Waals surface area contributed by atoms with E-state index < -0.39 is 5.82 Å². The third-order valence-corrected chi connectivity index (χ3v) is 3.77. The van der Waals surface area contributed by atoms with E-state index in [-0.39, 0.29) is 5.89 Å². The second kappa shape index (κ2) is 5.73. The van der Waals surface area contributed by atoms with Gasteiger partial charge in [0.25, 0.3) is 5.89 Å². The molecule has 2 aromatic heterocycles. The maximum atomic E-state index is 13.8. The lowest BCUT2D eigenvalue weighted by Gasteiger charge is -2.03. The van der Waals surface area contributed by atoms with Gasteiger partial charge in [-0.3, -0.25) is 4.68 Å². The van der Waals surface area contributed by atoms with Crippen molar-refractivity contribution in [1.82, 2.24) is 19.9 Å². The van der Waals surface area contributed by atoms with Gasteiger partial charge in [0.2, 0.25) is 5.82 Å². The van der Waals surface area contributed by atoms with Gasteiger partial charge in [0.15, 0.2) is 0 Å². The number of halogens is 1. The number of benzene rings is 2. The van der Waals surface area contributed by atoms with Gasteiger partial charge in [-0.15, -0.1) is 0 Å². The highest BCUT2D eigenvalue weighted by molar-refractivity contribution is 5.68. The third-order valence-electron chi connectivity index (χ3n) is 3.77. The second-order valence-electron chi connectivity index (χ2n) is 5.32. The number of hydrogen-bond donors (Lipinski definition) is 0. The van der Waals surface area contributed by atoms with Gasteiger partial charge < -0.3 is 4.52 Å². The number of aromatic nitrogens is 4. The highest BCUT2D eigenvalue weighted by Gasteiger charge is 2.14. The van der Waals surface area contributed by atoms with E-state index in [4.69, 9.17) is 4.52 Å². The van der Waals surface area contributed by atoms with Crippen LogP contribution in [-0.4, -0.2) is 19.9 Å². The molecule has 0 spiro atoms. The average molecular weight is 320 g/mol. The molecular weight excluding hydrogens is 307 g/mol. The smallest absolute Gasteiger partial charge is 0.261 e. The molecule has 0 aliphatic heterocycles. The molecule has 0 fully saturated rings. The summed E-state index contributed by atoms with van der Waals surface area (Å²) >= 11 is 0. The molecule has 0 aliphatic carbocycles. The van der Waals surface area contributed by atoms with E-state index in [1.807, 2.05) is 37.4 Å². The Kier molecular flexibility index (Phi) is 3.42. The molecule has 0 atom stereocenters. The van der Waals surface area contributed by atoms with Crippen molar-refractivity contribution in [3.63, 3.8) is 0 Å². The Labute approximate surface area is 137 Å². The lowest BCUT2D eigenvalue weighted by Crippen LogP contribution is -1.93. The molecule has 0 saturated heterocycles. The lowest BCUT2D eigenvalue weighted by molar-refractivity contribution is 0.429. The average Bonchev–Trinajstić information content (AvgIpc) is 3.24. The van der Waals surface area contributed by atoms with Crippen molar-refractivity contribution in [2.75, 3.05) is 0 Å². The van der Waals surface area contributed by atoms with Gasteiger partial charge in [0.1, 0.15) is 5.82 Å². The topological polar surface area (TPSA) is 56.7 Å². The van der Waals surface area contributed by atoms with Crippen molar-refractivity contribution >= 4 is 0 Å². The fraction of sp³-hybridized carbons (Fsp3) is 0.0556. The van der Waals surface area contributed by atoms with Gasteiger partial charge in [-0.05, 0) is 24.3 Å². The van der Waals surface area contributed by atoms with Gasteiger partial charge in [0.05, 0.1) is 11.3 Å². The molecule has 0 aliphatic rings. The molecule has 0 saturated carbocycles. The molecular formula is C18H13FN4O. The molecule has 24 heavy (non-hydrogen) atoms. The van der Waals surface area contributed by atoms with Crippen LogP contribution in [0.15, 0.2) is 65.3 Å². The molecule has 118 valence electrons. The Balaban J connectivity index is 1.73. The highest BCUT2D eigenvalue weighted by atomic mass is 19.1. The first kappa shape index (κ1) is 14.3. The zero-order chi connectivity index (χ0) is 16.5. The molecule has 0 radical (unpaired) electrons. The van der Waals surface area contributed by atoms with Crippen molar-refractivity contribution in [2.24, 2.45) is 7.05 Å². The predicted octanol–water partition coefficient (Wildman–Crippen LogP) is 3.94. The Morgan fingerprint density at radius 2 is 1.83 bits per heavy atom. The summed E-state index contributed by atoms with van der Waals surface area (Å²) in [6.45, 7) is 0. The summed E-state index contributed by atoms with van der Waals surface area (Å²) in [4.78, 5) is 4.32. The van der Waals surface area contributed by atoms with Crippen LogP contribution < -0.4 is 0 Å². The van der Waals surface area contributed by atoms with Gasteiger partial charge in [0, 0.05) is 24.4 Å². The zero-order valence-corrected chi connectivity index (χ0v) is 12.8. The van der Waals surface area contributed by atoms with E-state index >= 15 is 0 Å². The molecule has 2 aromatic carbocycles. The highest BCUT2D eigenvalue weighted by Crippen LogP contribution is 2.27. The first-order valence-corrected chi connectivity index (χ1v) is 7.40. The third kappa shape index (κ3) is 2.48. The van der Waals surface area contributed by atoms with Crippen molar-refractivity contribution in [1.29, 1.82) is 0 Å². The second-order valence-corrected chi connectivity index (χ2v) is 5.32. The molecule has 0 unspecified atom stereocenters. The van der Waals surface area contributed by atoms with E-state index in [9.17, 15) is 4.39 Å². The van der Waals surface area contributed by atoms with Crippen molar-refractivity contribution < 1.29 is 8.91 Å².